The van der Waals surface area contributed by atoms with E-state index in [1.54, 1.807) is 11.1 Å². The lowest BCUT2D eigenvalue weighted by atomic mass is 10.1. The van der Waals surface area contributed by atoms with Crippen LogP contribution in [0.25, 0.3) is 0 Å². The van der Waals surface area contributed by atoms with Crippen LogP contribution in [-0.4, -0.2) is 5.78 Å². The molecule has 0 atom stereocenters. The number of carbonyl (C=O) groups excluding carboxylic acids is 1. The highest BCUT2D eigenvalue weighted by molar-refractivity contribution is 9.11. The van der Waals surface area contributed by atoms with E-state index in [0.29, 0.717) is 6.42 Å². The first-order valence-corrected chi connectivity index (χ1v) is 5.52. The molecular weight excluding hydrogens is 216 g/mol. The smallest absolute Gasteiger partial charge is 0.156 e. The molecule has 0 amide bonds. The van der Waals surface area contributed by atoms with Crippen LogP contribution in [-0.2, 0) is 4.79 Å². The van der Waals surface area contributed by atoms with Crippen molar-refractivity contribution >= 4 is 21.7 Å². The number of ketones is 1. The van der Waals surface area contributed by atoms with Crippen LogP contribution >= 0.6 is 15.9 Å². The summed E-state index contributed by atoms with van der Waals surface area (Å²) in [7, 11) is 0. The van der Waals surface area contributed by atoms with Gasteiger partial charge in [0.25, 0.3) is 0 Å². The van der Waals surface area contributed by atoms with E-state index >= 15 is 0 Å². The number of rotatable bonds is 7. The number of unbranched alkanes of at least 4 members (excludes halogenated alkanes) is 4. The van der Waals surface area contributed by atoms with Crippen LogP contribution in [0.4, 0.5) is 0 Å². The molecule has 0 rings (SSSR count). The summed E-state index contributed by atoms with van der Waals surface area (Å²) in [5.41, 5.74) is 0. The third kappa shape index (κ3) is 7.99. The molecule has 0 aliphatic rings. The van der Waals surface area contributed by atoms with Gasteiger partial charge in [-0.3, -0.25) is 4.79 Å². The zero-order valence-electron chi connectivity index (χ0n) is 7.68. The lowest BCUT2D eigenvalue weighted by Gasteiger charge is -1.96. The van der Waals surface area contributed by atoms with Crippen LogP contribution in [0.15, 0.2) is 11.1 Å². The molecule has 0 heterocycles. The Kier molecular flexibility index (Phi) is 8.90. The highest BCUT2D eigenvalue weighted by Gasteiger charge is 1.95. The number of allylic oxidation sites excluding steroid dienone is 1. The van der Waals surface area contributed by atoms with Crippen molar-refractivity contribution in [3.05, 3.63) is 11.1 Å². The summed E-state index contributed by atoms with van der Waals surface area (Å²) in [5, 5.41) is 0. The Balaban J connectivity index is 3.14. The maximum absolute atomic E-state index is 11.0. The lowest BCUT2D eigenvalue weighted by molar-refractivity contribution is -0.114. The molecule has 0 aromatic heterocycles. The van der Waals surface area contributed by atoms with Gasteiger partial charge in [0.2, 0.25) is 0 Å². The zero-order chi connectivity index (χ0) is 9.23. The molecule has 1 nitrogen and oxygen atoms in total. The Hall–Kier alpha value is -0.110. The molecule has 0 aromatic rings. The second kappa shape index (κ2) is 8.98. The van der Waals surface area contributed by atoms with Crippen LogP contribution in [0.1, 0.15) is 45.4 Å². The molecule has 0 aliphatic carbocycles. The second-order valence-electron chi connectivity index (χ2n) is 2.92. The molecule has 0 saturated heterocycles. The fourth-order valence-corrected chi connectivity index (χ4v) is 1.35. The largest absolute Gasteiger partial charge is 0.295 e. The monoisotopic (exact) mass is 232 g/mol. The molecule has 2 heteroatoms. The van der Waals surface area contributed by atoms with Crippen LogP contribution in [0, 0.1) is 0 Å². The zero-order valence-corrected chi connectivity index (χ0v) is 9.27. The number of carbonyl (C=O) groups is 1. The van der Waals surface area contributed by atoms with E-state index in [1.807, 2.05) is 0 Å². The van der Waals surface area contributed by atoms with Gasteiger partial charge in [0.1, 0.15) is 0 Å². The normalized spacial score (nSPS) is 10.8. The Morgan fingerprint density at radius 1 is 1.25 bits per heavy atom. The standard InChI is InChI=1S/C10H17BrO/c1-2-3-4-5-6-7-10(12)8-9-11/h8-9H,2-7H2,1H3/b9-8+. The summed E-state index contributed by atoms with van der Waals surface area (Å²) in [4.78, 5) is 12.6. The van der Waals surface area contributed by atoms with Gasteiger partial charge in [-0.2, -0.15) is 0 Å². The summed E-state index contributed by atoms with van der Waals surface area (Å²) in [5.74, 6) is 0.225. The molecule has 0 spiro atoms. The molecule has 0 saturated carbocycles. The van der Waals surface area contributed by atoms with E-state index in [-0.39, 0.29) is 5.78 Å². The third-order valence-electron chi connectivity index (χ3n) is 1.78. The van der Waals surface area contributed by atoms with Gasteiger partial charge in [-0.15, -0.1) is 0 Å². The van der Waals surface area contributed by atoms with Crippen LogP contribution < -0.4 is 0 Å². The van der Waals surface area contributed by atoms with Crippen molar-refractivity contribution in [3.8, 4) is 0 Å². The number of hydrogen-bond donors (Lipinski definition) is 0. The molecule has 0 fully saturated rings. The van der Waals surface area contributed by atoms with Gasteiger partial charge in [-0.1, -0.05) is 48.5 Å². The van der Waals surface area contributed by atoms with Gasteiger partial charge in [-0.25, -0.2) is 0 Å². The average Bonchev–Trinajstić information content (AvgIpc) is 2.05. The minimum atomic E-state index is 0.225. The number of hydrogen-bond acceptors (Lipinski definition) is 1. The van der Waals surface area contributed by atoms with Crippen molar-refractivity contribution in [1.82, 2.24) is 0 Å². The lowest BCUT2D eigenvalue weighted by Crippen LogP contribution is -1.91. The molecule has 12 heavy (non-hydrogen) atoms. The van der Waals surface area contributed by atoms with Gasteiger partial charge in [0.05, 0.1) is 0 Å². The first kappa shape index (κ1) is 11.9. The van der Waals surface area contributed by atoms with Crippen molar-refractivity contribution in [1.29, 1.82) is 0 Å². The minimum absolute atomic E-state index is 0.225. The van der Waals surface area contributed by atoms with E-state index in [1.165, 1.54) is 25.7 Å². The summed E-state index contributed by atoms with van der Waals surface area (Å²) in [6, 6.07) is 0. The van der Waals surface area contributed by atoms with Crippen molar-refractivity contribution in [3.63, 3.8) is 0 Å². The van der Waals surface area contributed by atoms with Gasteiger partial charge in [0, 0.05) is 6.42 Å². The first-order valence-electron chi connectivity index (χ1n) is 4.61. The summed E-state index contributed by atoms with van der Waals surface area (Å²) >= 11 is 3.08. The van der Waals surface area contributed by atoms with E-state index in [4.69, 9.17) is 0 Å². The Bertz CT molecular complexity index is 141. The van der Waals surface area contributed by atoms with E-state index in [2.05, 4.69) is 22.9 Å². The fraction of sp³-hybridized carbons (Fsp3) is 0.700. The quantitative estimate of drug-likeness (QED) is 0.482. The van der Waals surface area contributed by atoms with Crippen molar-refractivity contribution in [2.24, 2.45) is 0 Å². The van der Waals surface area contributed by atoms with Crippen LogP contribution in [0.2, 0.25) is 0 Å². The predicted octanol–water partition coefficient (Wildman–Crippen LogP) is 3.82. The predicted molar refractivity (Wildman–Crippen MR) is 56.5 cm³/mol. The SMILES string of the molecule is CCCCCCCC(=O)/C=C/Br. The molecule has 0 aliphatic heterocycles. The second-order valence-corrected chi connectivity index (χ2v) is 3.45. The molecule has 0 radical (unpaired) electrons. The Morgan fingerprint density at radius 3 is 2.50 bits per heavy atom. The molecule has 0 bridgehead atoms. The van der Waals surface area contributed by atoms with Crippen molar-refractivity contribution in [2.75, 3.05) is 0 Å². The number of halogens is 1. The van der Waals surface area contributed by atoms with Crippen LogP contribution in [0.3, 0.4) is 0 Å². The third-order valence-corrected chi connectivity index (χ3v) is 2.04. The highest BCUT2D eigenvalue weighted by Crippen LogP contribution is 2.05. The van der Waals surface area contributed by atoms with Gasteiger partial charge in [-0.05, 0) is 17.5 Å². The van der Waals surface area contributed by atoms with Crippen LogP contribution in [0.5, 0.6) is 0 Å². The fourth-order valence-electron chi connectivity index (χ4n) is 1.06. The average molecular weight is 233 g/mol. The highest BCUT2D eigenvalue weighted by atomic mass is 79.9. The van der Waals surface area contributed by atoms with Gasteiger partial charge in [0.15, 0.2) is 5.78 Å². The topological polar surface area (TPSA) is 17.1 Å². The molecular formula is C10H17BrO. The summed E-state index contributed by atoms with van der Waals surface area (Å²) in [6.45, 7) is 2.19. The van der Waals surface area contributed by atoms with Crippen molar-refractivity contribution in [2.45, 2.75) is 45.4 Å². The first-order chi connectivity index (χ1) is 5.81. The van der Waals surface area contributed by atoms with Gasteiger partial charge >= 0.3 is 0 Å². The van der Waals surface area contributed by atoms with E-state index < -0.39 is 0 Å². The van der Waals surface area contributed by atoms with E-state index in [9.17, 15) is 4.79 Å². The Labute approximate surface area is 83.4 Å². The summed E-state index contributed by atoms with van der Waals surface area (Å²) in [6.07, 6.45) is 8.33. The Morgan fingerprint density at radius 2 is 1.92 bits per heavy atom. The molecule has 0 N–H and O–H groups in total. The van der Waals surface area contributed by atoms with Crippen molar-refractivity contribution < 1.29 is 4.79 Å². The maximum atomic E-state index is 11.0. The maximum Gasteiger partial charge on any atom is 0.156 e. The van der Waals surface area contributed by atoms with Gasteiger partial charge < -0.3 is 0 Å². The molecule has 70 valence electrons. The molecule has 0 unspecified atom stereocenters. The van der Waals surface area contributed by atoms with E-state index in [0.717, 1.165) is 6.42 Å². The summed E-state index contributed by atoms with van der Waals surface area (Å²) < 4.78 is 0. The molecule has 0 aromatic carbocycles. The minimum Gasteiger partial charge on any atom is -0.295 e.